The topological polar surface area (TPSA) is 31.6 Å². The van der Waals surface area contributed by atoms with Gasteiger partial charge in [-0.3, -0.25) is 0 Å². The molecule has 2 N–H and O–H groups in total. The molecule has 2 aromatic heterocycles. The van der Waals surface area contributed by atoms with E-state index < -0.39 is 0 Å². The van der Waals surface area contributed by atoms with Crippen LogP contribution >= 0.6 is 0 Å². The molecule has 2 nitrogen and oxygen atoms in total. The summed E-state index contributed by atoms with van der Waals surface area (Å²) in [5.41, 5.74) is 8.72. The highest BCUT2D eigenvalue weighted by molar-refractivity contribution is 6.25. The van der Waals surface area contributed by atoms with Crippen molar-refractivity contribution >= 4 is 67.9 Å². The molecule has 0 saturated heterocycles. The second-order valence-corrected chi connectivity index (χ2v) is 6.96. The van der Waals surface area contributed by atoms with Gasteiger partial charge in [-0.2, -0.15) is 0 Å². The van der Waals surface area contributed by atoms with Crippen LogP contribution in [0.25, 0.3) is 67.9 Å². The number of rotatable bonds is 4. The lowest BCUT2D eigenvalue weighted by Gasteiger charge is -2.02. The Balaban J connectivity index is 2.02. The number of H-pyrrole nitrogens is 2. The number of hydrogen-bond donors (Lipinski definition) is 2. The first kappa shape index (κ1) is 16.4. The lowest BCUT2D eigenvalue weighted by Crippen LogP contribution is -1.82. The van der Waals surface area contributed by atoms with Crippen molar-refractivity contribution in [2.24, 2.45) is 0 Å². The lowest BCUT2D eigenvalue weighted by molar-refractivity contribution is 1.52. The van der Waals surface area contributed by atoms with Crippen molar-refractivity contribution in [3.63, 3.8) is 0 Å². The Morgan fingerprint density at radius 2 is 1.07 bits per heavy atom. The number of aromatic nitrogens is 2. The molecule has 0 unspecified atom stereocenters. The van der Waals surface area contributed by atoms with Gasteiger partial charge in [0.05, 0.1) is 16.6 Å². The monoisotopic (exact) mass is 360 g/mol. The molecule has 5 aromatic rings. The molecule has 3 aromatic carbocycles. The molecular formula is C26H20N2. The number of fused-ring (bicyclic) bond motifs is 7. The van der Waals surface area contributed by atoms with E-state index in [-0.39, 0.29) is 0 Å². The van der Waals surface area contributed by atoms with Gasteiger partial charge < -0.3 is 9.97 Å². The van der Waals surface area contributed by atoms with Crippen LogP contribution in [0.5, 0.6) is 0 Å². The highest BCUT2D eigenvalue weighted by atomic mass is 14.7. The molecule has 2 heteroatoms. The Labute approximate surface area is 163 Å². The predicted molar refractivity (Wildman–Crippen MR) is 126 cm³/mol. The Kier molecular flexibility index (Phi) is 3.43. The molecule has 5 rings (SSSR count). The second-order valence-electron chi connectivity index (χ2n) is 6.96. The van der Waals surface area contributed by atoms with E-state index >= 15 is 0 Å². The molecule has 0 fully saturated rings. The molecule has 134 valence electrons. The van der Waals surface area contributed by atoms with Crippen LogP contribution in [-0.2, 0) is 0 Å². The Morgan fingerprint density at radius 1 is 0.536 bits per heavy atom. The van der Waals surface area contributed by atoms with Gasteiger partial charge in [0.1, 0.15) is 0 Å². The maximum atomic E-state index is 4.01. The van der Waals surface area contributed by atoms with E-state index in [1.165, 1.54) is 21.5 Å². The minimum atomic E-state index is 1.08. The van der Waals surface area contributed by atoms with E-state index in [0.717, 1.165) is 44.3 Å². The van der Waals surface area contributed by atoms with Gasteiger partial charge in [-0.15, -0.1) is 0 Å². The predicted octanol–water partition coefficient (Wildman–Crippen LogP) is 7.53. The van der Waals surface area contributed by atoms with Crippen LogP contribution in [0.4, 0.5) is 0 Å². The van der Waals surface area contributed by atoms with Crippen LogP contribution < -0.4 is 0 Å². The minimum Gasteiger partial charge on any atom is -0.354 e. The fourth-order valence-electron chi connectivity index (χ4n) is 4.37. The Bertz CT molecular complexity index is 1470. The number of nitrogens with one attached hydrogen (secondary N) is 2. The van der Waals surface area contributed by atoms with Crippen molar-refractivity contribution in [1.82, 2.24) is 9.97 Å². The molecular weight excluding hydrogens is 340 g/mol. The molecule has 0 saturated carbocycles. The smallest absolute Gasteiger partial charge is 0.0566 e. The summed E-state index contributed by atoms with van der Waals surface area (Å²) < 4.78 is 0. The van der Waals surface area contributed by atoms with Crippen LogP contribution in [-0.4, -0.2) is 9.97 Å². The molecule has 0 spiro atoms. The first-order valence-electron chi connectivity index (χ1n) is 9.27. The van der Waals surface area contributed by atoms with Gasteiger partial charge in [0, 0.05) is 38.2 Å². The fourth-order valence-corrected chi connectivity index (χ4v) is 4.37. The minimum absolute atomic E-state index is 1.08. The van der Waals surface area contributed by atoms with Crippen molar-refractivity contribution in [2.75, 3.05) is 0 Å². The maximum Gasteiger partial charge on any atom is 0.0566 e. The van der Waals surface area contributed by atoms with Crippen LogP contribution in [0.3, 0.4) is 0 Å². The van der Waals surface area contributed by atoms with Crippen molar-refractivity contribution in [3.8, 4) is 0 Å². The standard InChI is InChI=1S/C26H20N2/c1-5-15-9-11-19-20-13-14-22-23(26(20)28-24(19)17(15)7-3)21-12-10-16(6-2)18(8-4)25(21)27-22/h5-14,27-28H,1-4H2. The molecule has 0 radical (unpaired) electrons. The Hall–Kier alpha value is -3.78. The van der Waals surface area contributed by atoms with E-state index in [0.29, 0.717) is 0 Å². The number of aromatic amines is 2. The molecule has 0 bridgehead atoms. The fraction of sp³-hybridized carbons (Fsp3) is 0. The number of benzene rings is 3. The van der Waals surface area contributed by atoms with Crippen molar-refractivity contribution < 1.29 is 0 Å². The largest absolute Gasteiger partial charge is 0.354 e. The zero-order valence-corrected chi connectivity index (χ0v) is 15.6. The summed E-state index contributed by atoms with van der Waals surface area (Å²) in [6, 6.07) is 12.8. The highest BCUT2D eigenvalue weighted by Gasteiger charge is 2.16. The van der Waals surface area contributed by atoms with E-state index in [4.69, 9.17) is 0 Å². The third kappa shape index (κ3) is 1.97. The van der Waals surface area contributed by atoms with E-state index in [1.807, 2.05) is 24.3 Å². The molecule has 28 heavy (non-hydrogen) atoms. The summed E-state index contributed by atoms with van der Waals surface area (Å²) in [4.78, 5) is 7.26. The third-order valence-corrected chi connectivity index (χ3v) is 5.68. The average molecular weight is 360 g/mol. The van der Waals surface area contributed by atoms with Gasteiger partial charge >= 0.3 is 0 Å². The first-order chi connectivity index (χ1) is 13.7. The zero-order chi connectivity index (χ0) is 19.4. The van der Waals surface area contributed by atoms with Gasteiger partial charge in [0.2, 0.25) is 0 Å². The van der Waals surface area contributed by atoms with E-state index in [9.17, 15) is 0 Å². The van der Waals surface area contributed by atoms with Crippen LogP contribution in [0.2, 0.25) is 0 Å². The Morgan fingerprint density at radius 3 is 1.68 bits per heavy atom. The summed E-state index contributed by atoms with van der Waals surface area (Å²) in [5, 5.41) is 4.77. The quantitative estimate of drug-likeness (QED) is 0.332. The van der Waals surface area contributed by atoms with Gasteiger partial charge in [-0.05, 0) is 17.2 Å². The molecule has 0 aliphatic rings. The summed E-state index contributed by atoms with van der Waals surface area (Å²) in [6.07, 6.45) is 7.53. The lowest BCUT2D eigenvalue weighted by atomic mass is 10.0. The summed E-state index contributed by atoms with van der Waals surface area (Å²) in [7, 11) is 0. The van der Waals surface area contributed by atoms with Crippen LogP contribution in [0.1, 0.15) is 22.3 Å². The van der Waals surface area contributed by atoms with E-state index in [2.05, 4.69) is 72.7 Å². The second kappa shape index (κ2) is 5.86. The first-order valence-corrected chi connectivity index (χ1v) is 9.27. The molecule has 0 aliphatic heterocycles. The van der Waals surface area contributed by atoms with Crippen LogP contribution in [0, 0.1) is 0 Å². The molecule has 0 aliphatic carbocycles. The summed E-state index contributed by atoms with van der Waals surface area (Å²) in [6.45, 7) is 15.9. The third-order valence-electron chi connectivity index (χ3n) is 5.68. The van der Waals surface area contributed by atoms with Gasteiger partial charge in [-0.25, -0.2) is 0 Å². The maximum absolute atomic E-state index is 4.01. The normalized spacial score (nSPS) is 11.4. The SMILES string of the molecule is C=Cc1ccc2c([nH]c3c2ccc2[nH]c4c(C=C)c(C=C)ccc4c23)c1C=C. The number of hydrogen-bond acceptors (Lipinski definition) is 0. The average Bonchev–Trinajstić information content (AvgIpc) is 3.29. The summed E-state index contributed by atoms with van der Waals surface area (Å²) >= 11 is 0. The highest BCUT2D eigenvalue weighted by Crippen LogP contribution is 2.39. The zero-order valence-electron chi connectivity index (χ0n) is 15.6. The molecule has 2 heterocycles. The van der Waals surface area contributed by atoms with E-state index in [1.54, 1.807) is 0 Å². The molecule has 0 amide bonds. The van der Waals surface area contributed by atoms with Crippen molar-refractivity contribution in [2.45, 2.75) is 0 Å². The van der Waals surface area contributed by atoms with Gasteiger partial charge in [0.15, 0.2) is 0 Å². The van der Waals surface area contributed by atoms with Crippen LogP contribution in [0.15, 0.2) is 62.7 Å². The van der Waals surface area contributed by atoms with Crippen molar-refractivity contribution in [3.05, 3.63) is 85.0 Å². The molecule has 0 atom stereocenters. The van der Waals surface area contributed by atoms with Crippen molar-refractivity contribution in [1.29, 1.82) is 0 Å². The summed E-state index contributed by atoms with van der Waals surface area (Å²) in [5.74, 6) is 0. The van der Waals surface area contributed by atoms with Gasteiger partial charge in [-0.1, -0.05) is 81.0 Å². The van der Waals surface area contributed by atoms with Gasteiger partial charge in [0.25, 0.3) is 0 Å².